The fourth-order valence-corrected chi connectivity index (χ4v) is 4.56. The fraction of sp³-hybridized carbons (Fsp3) is 0.650. The number of halogens is 3. The van der Waals surface area contributed by atoms with Crippen LogP contribution in [0, 0.1) is 5.92 Å². The number of piperidine rings is 1. The highest BCUT2D eigenvalue weighted by Gasteiger charge is 2.31. The molecule has 0 spiro atoms. The minimum atomic E-state index is -4.41. The van der Waals surface area contributed by atoms with Crippen LogP contribution in [0.2, 0.25) is 0 Å². The summed E-state index contributed by atoms with van der Waals surface area (Å²) in [6.45, 7) is 1.16. The molecule has 1 aliphatic heterocycles. The maximum atomic E-state index is 12.6. The molecule has 1 saturated heterocycles. The molecule has 5 nitrogen and oxygen atoms in total. The van der Waals surface area contributed by atoms with Crippen molar-refractivity contribution in [3.63, 3.8) is 0 Å². The Bertz CT molecular complexity index is 698. The van der Waals surface area contributed by atoms with E-state index in [1.54, 1.807) is 4.90 Å². The molecular weight excluding hydrogens is 403 g/mol. The predicted octanol–water partition coefficient (Wildman–Crippen LogP) is 3.88. The van der Waals surface area contributed by atoms with Gasteiger partial charge in [-0.15, -0.1) is 0 Å². The number of alkyl halides is 3. The van der Waals surface area contributed by atoms with Crippen molar-refractivity contribution in [3.05, 3.63) is 23.9 Å². The van der Waals surface area contributed by atoms with Crippen molar-refractivity contribution in [2.75, 3.05) is 18.8 Å². The van der Waals surface area contributed by atoms with Crippen LogP contribution in [0.25, 0.3) is 0 Å². The lowest BCUT2D eigenvalue weighted by atomic mass is 9.88. The molecule has 29 heavy (non-hydrogen) atoms. The van der Waals surface area contributed by atoms with Gasteiger partial charge < -0.3 is 10.2 Å². The summed E-state index contributed by atoms with van der Waals surface area (Å²) in [5.41, 5.74) is -0.800. The van der Waals surface area contributed by atoms with E-state index in [1.165, 1.54) is 12.5 Å². The molecule has 0 unspecified atom stereocenters. The Hall–Kier alpha value is -1.77. The standard InChI is InChI=1S/C20H26F3N3O2S/c21-20(22,23)15-6-7-17(24-12-15)29-13-18(27)26-10-8-16(9-11-26)25-19(28)14-4-2-1-3-5-14/h6-7,12,14,16H,1-5,8-11,13H2,(H,25,28). The van der Waals surface area contributed by atoms with Gasteiger partial charge >= 0.3 is 6.18 Å². The van der Waals surface area contributed by atoms with Gasteiger partial charge in [-0.05, 0) is 37.8 Å². The highest BCUT2D eigenvalue weighted by Crippen LogP contribution is 2.29. The summed E-state index contributed by atoms with van der Waals surface area (Å²) in [6, 6.07) is 2.37. The van der Waals surface area contributed by atoms with E-state index in [0.717, 1.165) is 62.6 Å². The Labute approximate surface area is 172 Å². The molecular formula is C20H26F3N3O2S. The minimum Gasteiger partial charge on any atom is -0.353 e. The van der Waals surface area contributed by atoms with Crippen LogP contribution in [0.5, 0.6) is 0 Å². The van der Waals surface area contributed by atoms with Crippen LogP contribution >= 0.6 is 11.8 Å². The number of hydrogen-bond donors (Lipinski definition) is 1. The van der Waals surface area contributed by atoms with Gasteiger partial charge in [0.25, 0.3) is 0 Å². The van der Waals surface area contributed by atoms with Crippen LogP contribution in [0.4, 0.5) is 13.2 Å². The van der Waals surface area contributed by atoms with Gasteiger partial charge in [-0.2, -0.15) is 13.2 Å². The van der Waals surface area contributed by atoms with Crippen LogP contribution in [-0.2, 0) is 15.8 Å². The van der Waals surface area contributed by atoms with Crippen molar-refractivity contribution >= 4 is 23.6 Å². The van der Waals surface area contributed by atoms with Crippen molar-refractivity contribution in [3.8, 4) is 0 Å². The van der Waals surface area contributed by atoms with Crippen LogP contribution < -0.4 is 5.32 Å². The third-order valence-electron chi connectivity index (χ3n) is 5.58. The third kappa shape index (κ3) is 6.35. The summed E-state index contributed by atoms with van der Waals surface area (Å²) < 4.78 is 37.7. The number of carbonyl (C=O) groups excluding carboxylic acids is 2. The Kier molecular flexibility index (Phi) is 7.43. The molecule has 1 aliphatic carbocycles. The lowest BCUT2D eigenvalue weighted by Gasteiger charge is -2.33. The molecule has 2 fully saturated rings. The Morgan fingerprint density at radius 2 is 1.79 bits per heavy atom. The van der Waals surface area contributed by atoms with Crippen molar-refractivity contribution < 1.29 is 22.8 Å². The van der Waals surface area contributed by atoms with Gasteiger partial charge in [0, 0.05) is 31.2 Å². The summed E-state index contributed by atoms with van der Waals surface area (Å²) in [5, 5.41) is 3.53. The van der Waals surface area contributed by atoms with Gasteiger partial charge in [-0.3, -0.25) is 9.59 Å². The van der Waals surface area contributed by atoms with Crippen molar-refractivity contribution in [2.24, 2.45) is 5.92 Å². The van der Waals surface area contributed by atoms with Gasteiger partial charge in [0.1, 0.15) is 0 Å². The zero-order valence-corrected chi connectivity index (χ0v) is 17.0. The summed E-state index contributed by atoms with van der Waals surface area (Å²) >= 11 is 1.13. The molecule has 0 atom stereocenters. The van der Waals surface area contributed by atoms with Gasteiger partial charge in [0.15, 0.2) is 0 Å². The first-order valence-corrected chi connectivity index (χ1v) is 11.1. The number of pyridine rings is 1. The van der Waals surface area contributed by atoms with Crippen LogP contribution in [-0.4, -0.2) is 46.6 Å². The van der Waals surface area contributed by atoms with E-state index in [9.17, 15) is 22.8 Å². The monoisotopic (exact) mass is 429 g/mol. The predicted molar refractivity (Wildman–Crippen MR) is 104 cm³/mol. The molecule has 9 heteroatoms. The smallest absolute Gasteiger partial charge is 0.353 e. The normalized spacial score (nSPS) is 19.2. The molecule has 160 valence electrons. The van der Waals surface area contributed by atoms with Gasteiger partial charge in [0.05, 0.1) is 16.3 Å². The Balaban J connectivity index is 1.39. The average molecular weight is 430 g/mol. The first-order chi connectivity index (χ1) is 13.8. The number of nitrogens with zero attached hydrogens (tertiary/aromatic N) is 2. The zero-order chi connectivity index (χ0) is 20.9. The molecule has 0 bridgehead atoms. The second-order valence-corrected chi connectivity index (χ2v) is 8.67. The Morgan fingerprint density at radius 1 is 1.10 bits per heavy atom. The number of amides is 2. The van der Waals surface area contributed by atoms with E-state index < -0.39 is 11.7 Å². The molecule has 2 aliphatic rings. The Morgan fingerprint density at radius 3 is 2.38 bits per heavy atom. The maximum Gasteiger partial charge on any atom is 0.417 e. The van der Waals surface area contributed by atoms with E-state index in [1.807, 2.05) is 0 Å². The molecule has 3 rings (SSSR count). The van der Waals surface area contributed by atoms with Crippen LogP contribution in [0.3, 0.4) is 0 Å². The molecule has 2 heterocycles. The topological polar surface area (TPSA) is 62.3 Å². The van der Waals surface area contributed by atoms with Crippen LogP contribution in [0.15, 0.2) is 23.4 Å². The zero-order valence-electron chi connectivity index (χ0n) is 16.2. The summed E-state index contributed by atoms with van der Waals surface area (Å²) in [5.74, 6) is 0.362. The molecule has 1 N–H and O–H groups in total. The molecule has 0 aromatic carbocycles. The van der Waals surface area contributed by atoms with E-state index in [2.05, 4.69) is 10.3 Å². The summed E-state index contributed by atoms with van der Waals surface area (Å²) in [6.07, 6.45) is 3.23. The maximum absolute atomic E-state index is 12.6. The van der Waals surface area contributed by atoms with Gasteiger partial charge in [0.2, 0.25) is 11.8 Å². The number of nitrogens with one attached hydrogen (secondary N) is 1. The number of hydrogen-bond acceptors (Lipinski definition) is 4. The lowest BCUT2D eigenvalue weighted by Crippen LogP contribution is -2.48. The van der Waals surface area contributed by atoms with E-state index in [0.29, 0.717) is 18.1 Å². The molecule has 2 amide bonds. The van der Waals surface area contributed by atoms with Crippen LogP contribution in [0.1, 0.15) is 50.5 Å². The quantitative estimate of drug-likeness (QED) is 0.722. The molecule has 1 saturated carbocycles. The average Bonchev–Trinajstić information content (AvgIpc) is 2.73. The third-order valence-corrected chi connectivity index (χ3v) is 6.51. The van der Waals surface area contributed by atoms with Gasteiger partial charge in [-0.25, -0.2) is 4.98 Å². The van der Waals surface area contributed by atoms with Crippen molar-refractivity contribution in [2.45, 2.75) is 62.2 Å². The minimum absolute atomic E-state index is 0.0613. The number of thioether (sulfide) groups is 1. The number of rotatable bonds is 5. The largest absolute Gasteiger partial charge is 0.417 e. The second kappa shape index (κ2) is 9.82. The molecule has 1 aromatic rings. The number of carbonyl (C=O) groups is 2. The first kappa shape index (κ1) is 21.9. The number of aromatic nitrogens is 1. The van der Waals surface area contributed by atoms with Crippen molar-refractivity contribution in [1.29, 1.82) is 0 Å². The molecule has 1 aromatic heterocycles. The van der Waals surface area contributed by atoms with Crippen molar-refractivity contribution in [1.82, 2.24) is 15.2 Å². The first-order valence-electron chi connectivity index (χ1n) is 10.1. The van der Waals surface area contributed by atoms with E-state index in [4.69, 9.17) is 0 Å². The highest BCUT2D eigenvalue weighted by atomic mass is 32.2. The summed E-state index contributed by atoms with van der Waals surface area (Å²) in [4.78, 5) is 30.3. The fourth-order valence-electron chi connectivity index (χ4n) is 3.82. The molecule has 0 radical (unpaired) electrons. The second-order valence-electron chi connectivity index (χ2n) is 7.67. The SMILES string of the molecule is O=C(NC1CCN(C(=O)CSc2ccc(C(F)(F)F)cn2)CC1)C1CCCCC1. The van der Waals surface area contributed by atoms with Gasteiger partial charge in [-0.1, -0.05) is 31.0 Å². The van der Waals surface area contributed by atoms with E-state index >= 15 is 0 Å². The highest BCUT2D eigenvalue weighted by molar-refractivity contribution is 7.99. The lowest BCUT2D eigenvalue weighted by molar-refractivity contribution is -0.138. The van der Waals surface area contributed by atoms with E-state index in [-0.39, 0.29) is 29.5 Å². The number of likely N-dealkylation sites (tertiary alicyclic amines) is 1. The summed E-state index contributed by atoms with van der Waals surface area (Å²) in [7, 11) is 0.